The minimum Gasteiger partial charge on any atom is -0.348 e. The molecule has 1 amide bonds. The minimum absolute atomic E-state index is 0.213. The summed E-state index contributed by atoms with van der Waals surface area (Å²) in [5.74, 6) is 2.48. The van der Waals surface area contributed by atoms with Crippen molar-refractivity contribution in [1.82, 2.24) is 20.5 Å². The molecule has 16 heavy (non-hydrogen) atoms. The molecule has 1 rings (SSSR count). The van der Waals surface area contributed by atoms with Crippen molar-refractivity contribution in [2.45, 2.75) is 13.3 Å². The average molecular weight is 240 g/mol. The highest BCUT2D eigenvalue weighted by Gasteiger charge is 2.10. The van der Waals surface area contributed by atoms with E-state index in [1.807, 2.05) is 13.0 Å². The van der Waals surface area contributed by atoms with Crippen molar-refractivity contribution >= 4 is 17.7 Å². The van der Waals surface area contributed by atoms with E-state index in [0.717, 1.165) is 23.8 Å². The first-order valence-electron chi connectivity index (χ1n) is 5.16. The van der Waals surface area contributed by atoms with Crippen LogP contribution in [-0.2, 0) is 6.42 Å². The smallest absolute Gasteiger partial charge is 0.290 e. The molecule has 0 saturated heterocycles. The molecule has 88 valence electrons. The minimum atomic E-state index is -0.227. The van der Waals surface area contributed by atoms with Crippen LogP contribution >= 0.6 is 11.8 Å². The quantitative estimate of drug-likeness (QED) is 0.551. The standard InChI is InChI=1S/C10H16N4OS/c1-3-6-16-7-5-11-10(15)9-12-8(4-2)13-14-9/h3H,1,4-7H2,2H3,(H,11,15)(H,12,13,14). The Kier molecular flexibility index (Phi) is 5.63. The highest BCUT2D eigenvalue weighted by Crippen LogP contribution is 1.98. The second kappa shape index (κ2) is 7.05. The van der Waals surface area contributed by atoms with Gasteiger partial charge in [-0.05, 0) is 0 Å². The van der Waals surface area contributed by atoms with E-state index in [4.69, 9.17) is 0 Å². The zero-order valence-electron chi connectivity index (χ0n) is 9.32. The van der Waals surface area contributed by atoms with E-state index in [0.29, 0.717) is 6.54 Å². The van der Waals surface area contributed by atoms with Gasteiger partial charge in [-0.25, -0.2) is 4.98 Å². The molecule has 0 bridgehead atoms. The van der Waals surface area contributed by atoms with Crippen LogP contribution in [0.1, 0.15) is 23.4 Å². The molecule has 0 fully saturated rings. The number of aromatic nitrogens is 3. The molecule has 0 aromatic carbocycles. The molecule has 0 aliphatic carbocycles. The normalized spacial score (nSPS) is 10.1. The number of nitrogens with one attached hydrogen (secondary N) is 2. The average Bonchev–Trinajstić information content (AvgIpc) is 2.77. The Bertz CT molecular complexity index is 350. The predicted octanol–water partition coefficient (Wildman–Crippen LogP) is 1.02. The first-order chi connectivity index (χ1) is 7.77. The molecule has 1 aromatic rings. The number of carbonyl (C=O) groups is 1. The molecule has 1 aromatic heterocycles. The lowest BCUT2D eigenvalue weighted by molar-refractivity contribution is 0.0946. The number of H-pyrrole nitrogens is 1. The number of nitrogens with zero attached hydrogens (tertiary/aromatic N) is 2. The number of rotatable bonds is 7. The van der Waals surface area contributed by atoms with Gasteiger partial charge in [-0.15, -0.1) is 11.7 Å². The lowest BCUT2D eigenvalue weighted by Crippen LogP contribution is -2.26. The maximum absolute atomic E-state index is 11.5. The Morgan fingerprint density at radius 2 is 2.50 bits per heavy atom. The summed E-state index contributed by atoms with van der Waals surface area (Å²) in [5.41, 5.74) is 0. The second-order valence-corrected chi connectivity index (χ2v) is 4.23. The van der Waals surface area contributed by atoms with Crippen molar-refractivity contribution in [1.29, 1.82) is 0 Å². The van der Waals surface area contributed by atoms with Crippen LogP contribution in [0.15, 0.2) is 12.7 Å². The number of aromatic amines is 1. The van der Waals surface area contributed by atoms with Crippen LogP contribution in [0, 0.1) is 0 Å². The molecule has 0 spiro atoms. The molecule has 0 aliphatic heterocycles. The van der Waals surface area contributed by atoms with Crippen LogP contribution in [0.2, 0.25) is 0 Å². The van der Waals surface area contributed by atoms with Gasteiger partial charge in [-0.2, -0.15) is 11.8 Å². The molecular weight excluding hydrogens is 224 g/mol. The third kappa shape index (κ3) is 4.06. The first-order valence-corrected chi connectivity index (χ1v) is 6.31. The summed E-state index contributed by atoms with van der Waals surface area (Å²) in [4.78, 5) is 15.6. The number of thioether (sulfide) groups is 1. The Balaban J connectivity index is 2.26. The molecule has 0 aliphatic rings. The molecule has 0 atom stereocenters. The molecule has 2 N–H and O–H groups in total. The fraction of sp³-hybridized carbons (Fsp3) is 0.500. The SMILES string of the molecule is C=CCSCCNC(=O)c1n[nH]c(CC)n1. The summed E-state index contributed by atoms with van der Waals surface area (Å²) < 4.78 is 0. The van der Waals surface area contributed by atoms with Gasteiger partial charge in [0.1, 0.15) is 5.82 Å². The van der Waals surface area contributed by atoms with E-state index >= 15 is 0 Å². The van der Waals surface area contributed by atoms with Gasteiger partial charge < -0.3 is 5.32 Å². The van der Waals surface area contributed by atoms with Crippen molar-refractivity contribution in [3.63, 3.8) is 0 Å². The lowest BCUT2D eigenvalue weighted by atomic mass is 10.5. The van der Waals surface area contributed by atoms with Gasteiger partial charge >= 0.3 is 0 Å². The maximum atomic E-state index is 11.5. The third-order valence-corrected chi connectivity index (χ3v) is 2.80. The monoisotopic (exact) mass is 240 g/mol. The third-order valence-electron chi connectivity index (χ3n) is 1.84. The van der Waals surface area contributed by atoms with E-state index < -0.39 is 0 Å². The maximum Gasteiger partial charge on any atom is 0.290 e. The van der Waals surface area contributed by atoms with Crippen LogP contribution < -0.4 is 5.32 Å². The van der Waals surface area contributed by atoms with Crippen LogP contribution in [-0.4, -0.2) is 39.1 Å². The highest BCUT2D eigenvalue weighted by atomic mass is 32.2. The summed E-state index contributed by atoms with van der Waals surface area (Å²) >= 11 is 1.72. The molecule has 5 nitrogen and oxygen atoms in total. The van der Waals surface area contributed by atoms with Gasteiger partial charge in [0.2, 0.25) is 5.82 Å². The summed E-state index contributed by atoms with van der Waals surface area (Å²) in [6.07, 6.45) is 2.59. The largest absolute Gasteiger partial charge is 0.348 e. The number of carbonyl (C=O) groups excluding carboxylic acids is 1. The Hall–Kier alpha value is -1.30. The fourth-order valence-electron chi connectivity index (χ4n) is 1.04. The van der Waals surface area contributed by atoms with Crippen LogP contribution in [0.5, 0.6) is 0 Å². The molecule has 1 heterocycles. The number of aryl methyl sites for hydroxylation is 1. The molecule has 0 radical (unpaired) electrons. The predicted molar refractivity (Wildman–Crippen MR) is 65.6 cm³/mol. The van der Waals surface area contributed by atoms with Gasteiger partial charge in [-0.1, -0.05) is 13.0 Å². The Morgan fingerprint density at radius 1 is 1.69 bits per heavy atom. The number of hydrogen-bond donors (Lipinski definition) is 2. The van der Waals surface area contributed by atoms with E-state index in [1.54, 1.807) is 11.8 Å². The molecule has 6 heteroatoms. The topological polar surface area (TPSA) is 70.7 Å². The van der Waals surface area contributed by atoms with E-state index in [-0.39, 0.29) is 11.7 Å². The highest BCUT2D eigenvalue weighted by molar-refractivity contribution is 7.99. The first kappa shape index (κ1) is 12.8. The molecular formula is C10H16N4OS. The van der Waals surface area contributed by atoms with Crippen LogP contribution in [0.3, 0.4) is 0 Å². The zero-order valence-corrected chi connectivity index (χ0v) is 10.1. The second-order valence-electron chi connectivity index (χ2n) is 3.08. The Morgan fingerprint density at radius 3 is 3.12 bits per heavy atom. The van der Waals surface area contributed by atoms with Gasteiger partial charge in [0.25, 0.3) is 5.91 Å². The Labute approximate surface area is 99.1 Å². The van der Waals surface area contributed by atoms with Crippen molar-refractivity contribution in [3.8, 4) is 0 Å². The number of amides is 1. The van der Waals surface area contributed by atoms with Crippen molar-refractivity contribution in [2.75, 3.05) is 18.1 Å². The van der Waals surface area contributed by atoms with E-state index in [2.05, 4.69) is 27.1 Å². The zero-order chi connectivity index (χ0) is 11.8. The molecule has 0 unspecified atom stereocenters. The van der Waals surface area contributed by atoms with Crippen molar-refractivity contribution in [2.24, 2.45) is 0 Å². The van der Waals surface area contributed by atoms with Gasteiger partial charge in [0.15, 0.2) is 0 Å². The van der Waals surface area contributed by atoms with E-state index in [1.165, 1.54) is 0 Å². The molecule has 0 saturated carbocycles. The van der Waals surface area contributed by atoms with Crippen molar-refractivity contribution < 1.29 is 4.79 Å². The lowest BCUT2D eigenvalue weighted by Gasteiger charge is -2.00. The van der Waals surface area contributed by atoms with Crippen LogP contribution in [0.25, 0.3) is 0 Å². The summed E-state index contributed by atoms with van der Waals surface area (Å²) in [6.45, 7) is 6.19. The number of hydrogen-bond acceptors (Lipinski definition) is 4. The summed E-state index contributed by atoms with van der Waals surface area (Å²) in [6, 6.07) is 0. The van der Waals surface area contributed by atoms with Crippen LogP contribution in [0.4, 0.5) is 0 Å². The fourth-order valence-corrected chi connectivity index (χ4v) is 1.62. The summed E-state index contributed by atoms with van der Waals surface area (Å²) in [5, 5.41) is 9.29. The van der Waals surface area contributed by atoms with E-state index in [9.17, 15) is 4.79 Å². The van der Waals surface area contributed by atoms with Gasteiger partial charge in [0.05, 0.1) is 0 Å². The van der Waals surface area contributed by atoms with Crippen molar-refractivity contribution in [3.05, 3.63) is 24.3 Å². The van der Waals surface area contributed by atoms with Gasteiger partial charge in [-0.3, -0.25) is 9.89 Å². The van der Waals surface area contributed by atoms with Gasteiger partial charge in [0, 0.05) is 24.5 Å². The summed E-state index contributed by atoms with van der Waals surface area (Å²) in [7, 11) is 0.